The lowest BCUT2D eigenvalue weighted by Gasteiger charge is -2.22. The highest BCUT2D eigenvalue weighted by Gasteiger charge is 2.12. The van der Waals surface area contributed by atoms with Gasteiger partial charge in [0.2, 0.25) is 5.91 Å². The van der Waals surface area contributed by atoms with Crippen LogP contribution in [0.3, 0.4) is 0 Å². The van der Waals surface area contributed by atoms with Crippen LogP contribution in [0.4, 0.5) is 0 Å². The van der Waals surface area contributed by atoms with Gasteiger partial charge in [0, 0.05) is 5.56 Å². The van der Waals surface area contributed by atoms with Crippen molar-refractivity contribution >= 4 is 5.91 Å². The first-order chi connectivity index (χ1) is 9.25. The summed E-state index contributed by atoms with van der Waals surface area (Å²) in [4.78, 5) is 11.0. The SMILES string of the molecule is NC(=O)c1cccc(OCCOC2CCNCC2)c1. The molecule has 1 amide bonds. The number of nitrogens with two attached hydrogens (primary N) is 1. The summed E-state index contributed by atoms with van der Waals surface area (Å²) >= 11 is 0. The molecule has 0 saturated carbocycles. The molecule has 19 heavy (non-hydrogen) atoms. The van der Waals surface area contributed by atoms with Crippen LogP contribution in [0.1, 0.15) is 23.2 Å². The third-order valence-electron chi connectivity index (χ3n) is 3.11. The quantitative estimate of drug-likeness (QED) is 0.750. The van der Waals surface area contributed by atoms with Gasteiger partial charge in [-0.05, 0) is 44.1 Å². The Morgan fingerprint density at radius 3 is 2.84 bits per heavy atom. The fourth-order valence-corrected chi connectivity index (χ4v) is 2.08. The van der Waals surface area contributed by atoms with Crippen molar-refractivity contribution in [2.75, 3.05) is 26.3 Å². The van der Waals surface area contributed by atoms with Crippen LogP contribution in [0, 0.1) is 0 Å². The normalized spacial score (nSPS) is 16.2. The summed E-state index contributed by atoms with van der Waals surface area (Å²) in [6.07, 6.45) is 2.44. The first-order valence-electron chi connectivity index (χ1n) is 6.60. The van der Waals surface area contributed by atoms with Crippen molar-refractivity contribution in [3.63, 3.8) is 0 Å². The van der Waals surface area contributed by atoms with E-state index in [9.17, 15) is 4.79 Å². The lowest BCUT2D eigenvalue weighted by atomic mass is 10.1. The molecule has 0 aliphatic carbocycles. The molecule has 104 valence electrons. The zero-order valence-corrected chi connectivity index (χ0v) is 10.9. The van der Waals surface area contributed by atoms with Gasteiger partial charge in [-0.25, -0.2) is 0 Å². The molecule has 0 spiro atoms. The Kier molecular flexibility index (Phi) is 5.18. The van der Waals surface area contributed by atoms with E-state index in [4.69, 9.17) is 15.2 Å². The maximum atomic E-state index is 11.0. The van der Waals surface area contributed by atoms with Gasteiger partial charge in [0.25, 0.3) is 0 Å². The summed E-state index contributed by atoms with van der Waals surface area (Å²) in [7, 11) is 0. The van der Waals surface area contributed by atoms with Gasteiger partial charge >= 0.3 is 0 Å². The minimum absolute atomic E-state index is 0.335. The maximum Gasteiger partial charge on any atom is 0.248 e. The molecule has 1 aliphatic rings. The summed E-state index contributed by atoms with van der Waals surface area (Å²) in [5.74, 6) is 0.196. The molecule has 0 bridgehead atoms. The summed E-state index contributed by atoms with van der Waals surface area (Å²) in [5.41, 5.74) is 5.67. The lowest BCUT2D eigenvalue weighted by molar-refractivity contribution is 0.0168. The van der Waals surface area contributed by atoms with Gasteiger partial charge in [0.1, 0.15) is 12.4 Å². The van der Waals surface area contributed by atoms with Crippen molar-refractivity contribution in [2.45, 2.75) is 18.9 Å². The maximum absolute atomic E-state index is 11.0. The molecule has 0 radical (unpaired) electrons. The molecule has 1 fully saturated rings. The smallest absolute Gasteiger partial charge is 0.248 e. The van der Waals surface area contributed by atoms with Crippen molar-refractivity contribution < 1.29 is 14.3 Å². The number of amides is 1. The molecule has 1 aromatic carbocycles. The molecular weight excluding hydrogens is 244 g/mol. The highest BCUT2D eigenvalue weighted by Crippen LogP contribution is 2.13. The molecule has 5 nitrogen and oxygen atoms in total. The van der Waals surface area contributed by atoms with Crippen molar-refractivity contribution in [1.29, 1.82) is 0 Å². The van der Waals surface area contributed by atoms with Crippen LogP contribution in [0.5, 0.6) is 5.75 Å². The number of primary amides is 1. The number of nitrogens with one attached hydrogen (secondary N) is 1. The van der Waals surface area contributed by atoms with Gasteiger partial charge in [-0.15, -0.1) is 0 Å². The fourth-order valence-electron chi connectivity index (χ4n) is 2.08. The second-order valence-corrected chi connectivity index (χ2v) is 4.56. The van der Waals surface area contributed by atoms with Crippen molar-refractivity contribution in [3.05, 3.63) is 29.8 Å². The Bertz CT molecular complexity index is 417. The third kappa shape index (κ3) is 4.54. The molecular formula is C14H20N2O3. The number of ether oxygens (including phenoxy) is 2. The van der Waals surface area contributed by atoms with E-state index in [1.165, 1.54) is 0 Å². The van der Waals surface area contributed by atoms with Crippen LogP contribution < -0.4 is 15.8 Å². The van der Waals surface area contributed by atoms with Crippen LogP contribution >= 0.6 is 0 Å². The molecule has 1 aliphatic heterocycles. The van der Waals surface area contributed by atoms with E-state index in [0.29, 0.717) is 30.6 Å². The number of carbonyl (C=O) groups excluding carboxylic acids is 1. The van der Waals surface area contributed by atoms with Gasteiger partial charge in [-0.1, -0.05) is 6.07 Å². The number of rotatable bonds is 6. The van der Waals surface area contributed by atoms with Crippen LogP contribution in [0.2, 0.25) is 0 Å². The highest BCUT2D eigenvalue weighted by atomic mass is 16.5. The third-order valence-corrected chi connectivity index (χ3v) is 3.11. The summed E-state index contributed by atoms with van der Waals surface area (Å²) < 4.78 is 11.3. The average Bonchev–Trinajstić information content (AvgIpc) is 2.45. The van der Waals surface area contributed by atoms with Gasteiger partial charge in [-0.2, -0.15) is 0 Å². The Morgan fingerprint density at radius 2 is 2.11 bits per heavy atom. The van der Waals surface area contributed by atoms with Crippen LogP contribution in [0.15, 0.2) is 24.3 Å². The van der Waals surface area contributed by atoms with E-state index in [1.54, 1.807) is 24.3 Å². The van der Waals surface area contributed by atoms with E-state index in [1.807, 2.05) is 0 Å². The second kappa shape index (κ2) is 7.11. The van der Waals surface area contributed by atoms with Gasteiger partial charge < -0.3 is 20.5 Å². The topological polar surface area (TPSA) is 73.6 Å². The first-order valence-corrected chi connectivity index (χ1v) is 6.60. The molecule has 5 heteroatoms. The first kappa shape index (κ1) is 13.8. The Morgan fingerprint density at radius 1 is 1.32 bits per heavy atom. The highest BCUT2D eigenvalue weighted by molar-refractivity contribution is 5.93. The van der Waals surface area contributed by atoms with Crippen LogP contribution in [0.25, 0.3) is 0 Å². The Hall–Kier alpha value is -1.59. The van der Waals surface area contributed by atoms with E-state index >= 15 is 0 Å². The monoisotopic (exact) mass is 264 g/mol. The van der Waals surface area contributed by atoms with Gasteiger partial charge in [-0.3, -0.25) is 4.79 Å². The fraction of sp³-hybridized carbons (Fsp3) is 0.500. The number of hydrogen-bond acceptors (Lipinski definition) is 4. The summed E-state index contributed by atoms with van der Waals surface area (Å²) in [5, 5.41) is 3.29. The van der Waals surface area contributed by atoms with E-state index in [0.717, 1.165) is 25.9 Å². The second-order valence-electron chi connectivity index (χ2n) is 4.56. The number of carbonyl (C=O) groups is 1. The zero-order valence-electron chi connectivity index (χ0n) is 10.9. The van der Waals surface area contributed by atoms with Crippen LogP contribution in [-0.4, -0.2) is 38.3 Å². The molecule has 2 rings (SSSR count). The predicted octanol–water partition coefficient (Wildman–Crippen LogP) is 0.933. The molecule has 0 aromatic heterocycles. The minimum atomic E-state index is -0.448. The van der Waals surface area contributed by atoms with E-state index in [2.05, 4.69) is 5.32 Å². The van der Waals surface area contributed by atoms with Gasteiger partial charge in [0.15, 0.2) is 0 Å². The summed E-state index contributed by atoms with van der Waals surface area (Å²) in [6, 6.07) is 6.87. The standard InChI is InChI=1S/C14H20N2O3/c15-14(17)11-2-1-3-13(10-11)19-9-8-18-12-4-6-16-7-5-12/h1-3,10,12,16H,4-9H2,(H2,15,17). The molecule has 0 atom stereocenters. The van der Waals surface area contributed by atoms with Crippen molar-refractivity contribution in [1.82, 2.24) is 5.32 Å². The molecule has 3 N–H and O–H groups in total. The predicted molar refractivity (Wildman–Crippen MR) is 72.3 cm³/mol. The van der Waals surface area contributed by atoms with E-state index < -0.39 is 5.91 Å². The Balaban J connectivity index is 1.70. The van der Waals surface area contributed by atoms with Gasteiger partial charge in [0.05, 0.1) is 12.7 Å². The lowest BCUT2D eigenvalue weighted by Crippen LogP contribution is -2.33. The van der Waals surface area contributed by atoms with Crippen molar-refractivity contribution in [3.8, 4) is 5.75 Å². The average molecular weight is 264 g/mol. The number of hydrogen-bond donors (Lipinski definition) is 2. The minimum Gasteiger partial charge on any atom is -0.491 e. The van der Waals surface area contributed by atoms with E-state index in [-0.39, 0.29) is 0 Å². The zero-order chi connectivity index (χ0) is 13.5. The van der Waals surface area contributed by atoms with Crippen LogP contribution in [-0.2, 0) is 4.74 Å². The number of piperidine rings is 1. The molecule has 1 saturated heterocycles. The summed E-state index contributed by atoms with van der Waals surface area (Å²) in [6.45, 7) is 3.08. The largest absolute Gasteiger partial charge is 0.491 e. The number of benzene rings is 1. The molecule has 1 aromatic rings. The molecule has 0 unspecified atom stereocenters. The molecule has 1 heterocycles. The van der Waals surface area contributed by atoms with Crippen molar-refractivity contribution in [2.24, 2.45) is 5.73 Å². The Labute approximate surface area is 113 Å².